The molecule has 9 N–H and O–H groups in total. The second kappa shape index (κ2) is 17.8. The number of benzene rings is 1. The zero-order valence-electron chi connectivity index (χ0n) is 25.9. The second-order valence-electron chi connectivity index (χ2n) is 11.3. The molecule has 0 saturated carbocycles. The van der Waals surface area contributed by atoms with E-state index in [0.717, 1.165) is 0 Å². The molecule has 0 spiro atoms. The molecule has 5 amide bonds. The summed E-state index contributed by atoms with van der Waals surface area (Å²) >= 11 is 0. The van der Waals surface area contributed by atoms with Gasteiger partial charge in [-0.2, -0.15) is 0 Å². The molecule has 13 heteroatoms. The number of carboxylic acids is 1. The summed E-state index contributed by atoms with van der Waals surface area (Å²) in [5, 5.41) is 19.5. The average Bonchev–Trinajstić information content (AvgIpc) is 2.96. The molecule has 7 atom stereocenters. The fraction of sp³-hybridized carbons (Fsp3) is 0.600. The van der Waals surface area contributed by atoms with Gasteiger partial charge in [-0.1, -0.05) is 84.7 Å². The maximum Gasteiger partial charge on any atom is 0.305 e. The van der Waals surface area contributed by atoms with Crippen LogP contribution >= 0.6 is 0 Å². The zero-order valence-corrected chi connectivity index (χ0v) is 25.9. The van der Waals surface area contributed by atoms with Gasteiger partial charge < -0.3 is 37.8 Å². The van der Waals surface area contributed by atoms with Crippen molar-refractivity contribution in [1.29, 1.82) is 0 Å². The van der Waals surface area contributed by atoms with E-state index in [2.05, 4.69) is 21.3 Å². The predicted molar refractivity (Wildman–Crippen MR) is 161 cm³/mol. The standard InChI is InChI=1S/C30H48N6O7/c1-7-17(5)23(31)28(41)35-24(16(3)4)29(42)36-25(18(6)8-2)30(43)34-21(14-19-12-10-9-11-13-19)27(40)33-20(26(32)39)15-22(37)38/h9-13,16-18,20-21,23-25H,7-8,14-15,31H2,1-6H3,(H2,32,39)(H,33,40)(H,34,43)(H,35,41)(H,36,42)(H,37,38)/t17-,18-,20-,21-,23-,24-,25-/m0/s1. The van der Waals surface area contributed by atoms with Crippen LogP contribution in [0.5, 0.6) is 0 Å². The monoisotopic (exact) mass is 604 g/mol. The van der Waals surface area contributed by atoms with Crippen molar-refractivity contribution >= 4 is 35.5 Å². The largest absolute Gasteiger partial charge is 0.481 e. The molecular formula is C30H48N6O7. The van der Waals surface area contributed by atoms with Gasteiger partial charge in [0.1, 0.15) is 24.2 Å². The molecule has 0 fully saturated rings. The highest BCUT2D eigenvalue weighted by Crippen LogP contribution is 2.13. The van der Waals surface area contributed by atoms with Crippen LogP contribution in [0.2, 0.25) is 0 Å². The average molecular weight is 605 g/mol. The van der Waals surface area contributed by atoms with Gasteiger partial charge in [-0.3, -0.25) is 28.8 Å². The number of amides is 5. The zero-order chi connectivity index (χ0) is 32.9. The summed E-state index contributed by atoms with van der Waals surface area (Å²) in [5.74, 6) is -5.74. The van der Waals surface area contributed by atoms with Gasteiger partial charge in [0.05, 0.1) is 12.5 Å². The third kappa shape index (κ3) is 12.0. The highest BCUT2D eigenvalue weighted by atomic mass is 16.4. The highest BCUT2D eigenvalue weighted by molar-refractivity contribution is 5.96. The number of hydrogen-bond donors (Lipinski definition) is 7. The Labute approximate surface area is 253 Å². The number of nitrogens with one attached hydrogen (secondary N) is 4. The van der Waals surface area contributed by atoms with E-state index in [4.69, 9.17) is 16.6 Å². The lowest BCUT2D eigenvalue weighted by atomic mass is 9.95. The van der Waals surface area contributed by atoms with Crippen LogP contribution < -0.4 is 32.7 Å². The molecule has 0 unspecified atom stereocenters. The van der Waals surface area contributed by atoms with E-state index in [9.17, 15) is 28.8 Å². The van der Waals surface area contributed by atoms with E-state index < -0.39 is 72.1 Å². The van der Waals surface area contributed by atoms with E-state index in [1.54, 1.807) is 51.1 Å². The summed E-state index contributed by atoms with van der Waals surface area (Å²) in [6, 6.07) is 3.15. The Morgan fingerprint density at radius 2 is 1.23 bits per heavy atom. The van der Waals surface area contributed by atoms with Crippen LogP contribution in [0.4, 0.5) is 0 Å². The SMILES string of the molecule is CC[C@H](C)[C@H](N)C(=O)N[C@H](C(=O)N[C@H](C(=O)N[C@@H](Cc1ccccc1)C(=O)N[C@@H](CC(=O)O)C(N)=O)[C@@H](C)CC)C(C)C. The Hall–Kier alpha value is -4.00. The molecule has 0 aliphatic rings. The predicted octanol–water partition coefficient (Wildman–Crippen LogP) is 0.204. The molecule has 1 aromatic carbocycles. The van der Waals surface area contributed by atoms with Crippen LogP contribution in [0.15, 0.2) is 30.3 Å². The van der Waals surface area contributed by atoms with E-state index in [1.165, 1.54) is 0 Å². The third-order valence-corrected chi connectivity index (χ3v) is 7.55. The summed E-state index contributed by atoms with van der Waals surface area (Å²) in [6.07, 6.45) is 0.448. The Kier molecular flexibility index (Phi) is 15.4. The molecule has 0 saturated heterocycles. The molecule has 0 aliphatic carbocycles. The van der Waals surface area contributed by atoms with Crippen molar-refractivity contribution < 1.29 is 33.9 Å². The molecule has 240 valence electrons. The summed E-state index contributed by atoms with van der Waals surface area (Å²) in [7, 11) is 0. The van der Waals surface area contributed by atoms with Crippen LogP contribution in [0.25, 0.3) is 0 Å². The van der Waals surface area contributed by atoms with Crippen molar-refractivity contribution in [3.63, 3.8) is 0 Å². The van der Waals surface area contributed by atoms with E-state index in [-0.39, 0.29) is 24.2 Å². The highest BCUT2D eigenvalue weighted by Gasteiger charge is 2.35. The smallest absolute Gasteiger partial charge is 0.305 e. The molecule has 1 aromatic rings. The van der Waals surface area contributed by atoms with Gasteiger partial charge in [-0.05, 0) is 23.3 Å². The summed E-state index contributed by atoms with van der Waals surface area (Å²) in [6.45, 7) is 10.9. The van der Waals surface area contributed by atoms with Gasteiger partial charge in [-0.15, -0.1) is 0 Å². The Morgan fingerprint density at radius 1 is 0.721 bits per heavy atom. The quantitative estimate of drug-likeness (QED) is 0.122. The van der Waals surface area contributed by atoms with E-state index >= 15 is 0 Å². The van der Waals surface area contributed by atoms with Crippen LogP contribution in [-0.2, 0) is 35.2 Å². The first-order chi connectivity index (χ1) is 20.1. The molecule has 13 nitrogen and oxygen atoms in total. The third-order valence-electron chi connectivity index (χ3n) is 7.55. The number of primary amides is 1. The Morgan fingerprint density at radius 3 is 1.72 bits per heavy atom. The van der Waals surface area contributed by atoms with Crippen LogP contribution in [0, 0.1) is 17.8 Å². The number of nitrogens with two attached hydrogens (primary N) is 2. The fourth-order valence-electron chi connectivity index (χ4n) is 4.23. The van der Waals surface area contributed by atoms with Gasteiger partial charge in [0, 0.05) is 6.42 Å². The maximum absolute atomic E-state index is 13.6. The van der Waals surface area contributed by atoms with Crippen LogP contribution in [0.3, 0.4) is 0 Å². The minimum atomic E-state index is -1.50. The van der Waals surface area contributed by atoms with Gasteiger partial charge in [-0.25, -0.2) is 0 Å². The minimum Gasteiger partial charge on any atom is -0.481 e. The number of carboxylic acid groups (broad SMARTS) is 1. The second-order valence-corrected chi connectivity index (χ2v) is 11.3. The van der Waals surface area contributed by atoms with Crippen molar-refractivity contribution in [2.24, 2.45) is 29.2 Å². The first kappa shape index (κ1) is 37.0. The fourth-order valence-corrected chi connectivity index (χ4v) is 4.23. The summed E-state index contributed by atoms with van der Waals surface area (Å²) < 4.78 is 0. The van der Waals surface area contributed by atoms with Crippen molar-refractivity contribution in [3.05, 3.63) is 35.9 Å². The molecule has 43 heavy (non-hydrogen) atoms. The normalized spacial score (nSPS) is 16.0. The summed E-state index contributed by atoms with van der Waals surface area (Å²) in [5.41, 5.74) is 12.0. The van der Waals surface area contributed by atoms with Crippen molar-refractivity contribution in [1.82, 2.24) is 21.3 Å². The van der Waals surface area contributed by atoms with Gasteiger partial charge in [0.2, 0.25) is 29.5 Å². The minimum absolute atomic E-state index is 0.0102. The van der Waals surface area contributed by atoms with Gasteiger partial charge in [0.15, 0.2) is 0 Å². The number of aliphatic carboxylic acids is 1. The van der Waals surface area contributed by atoms with Gasteiger partial charge in [0.25, 0.3) is 0 Å². The van der Waals surface area contributed by atoms with E-state index in [0.29, 0.717) is 18.4 Å². The number of hydrogen-bond acceptors (Lipinski definition) is 7. The molecule has 0 aromatic heterocycles. The van der Waals surface area contributed by atoms with Crippen molar-refractivity contribution in [2.45, 2.75) is 97.4 Å². The Bertz CT molecular complexity index is 1110. The topological polar surface area (TPSA) is 223 Å². The summed E-state index contributed by atoms with van der Waals surface area (Å²) in [4.78, 5) is 76.0. The lowest BCUT2D eigenvalue weighted by Crippen LogP contribution is -2.61. The molecular weight excluding hydrogens is 556 g/mol. The number of carbonyl (C=O) groups excluding carboxylic acids is 5. The van der Waals surface area contributed by atoms with Crippen LogP contribution in [0.1, 0.15) is 66.4 Å². The van der Waals surface area contributed by atoms with Crippen LogP contribution in [-0.4, -0.2) is 70.8 Å². The first-order valence-electron chi connectivity index (χ1n) is 14.6. The number of rotatable bonds is 18. The molecule has 1 rings (SSSR count). The van der Waals surface area contributed by atoms with Crippen molar-refractivity contribution in [2.75, 3.05) is 0 Å². The van der Waals surface area contributed by atoms with Crippen molar-refractivity contribution in [3.8, 4) is 0 Å². The molecule has 0 heterocycles. The molecule has 0 radical (unpaired) electrons. The van der Waals surface area contributed by atoms with Gasteiger partial charge >= 0.3 is 5.97 Å². The first-order valence-corrected chi connectivity index (χ1v) is 14.6. The van der Waals surface area contributed by atoms with E-state index in [1.807, 2.05) is 20.8 Å². The molecule has 0 aliphatic heterocycles. The lowest BCUT2D eigenvalue weighted by Gasteiger charge is -2.30. The molecule has 0 bridgehead atoms. The lowest BCUT2D eigenvalue weighted by molar-refractivity contribution is -0.140. The Balaban J connectivity index is 3.25. The number of carbonyl (C=O) groups is 6. The maximum atomic E-state index is 13.6.